The van der Waals surface area contributed by atoms with Crippen molar-refractivity contribution in [1.82, 2.24) is 24.3 Å². The van der Waals surface area contributed by atoms with Gasteiger partial charge in [0.1, 0.15) is 12.2 Å². The van der Waals surface area contributed by atoms with Gasteiger partial charge in [0, 0.05) is 19.3 Å². The first-order valence-electron chi connectivity index (χ1n) is 10.1. The molecule has 3 aromatic rings. The number of aliphatic hydroxyl groups is 1. The third kappa shape index (κ3) is 5.96. The van der Waals surface area contributed by atoms with Gasteiger partial charge in [0.15, 0.2) is 29.2 Å². The fourth-order valence-electron chi connectivity index (χ4n) is 3.02. The monoisotopic (exact) mass is 536 g/mol. The van der Waals surface area contributed by atoms with Crippen molar-refractivity contribution in [2.75, 3.05) is 18.5 Å². The van der Waals surface area contributed by atoms with E-state index < -0.39 is 60.0 Å². The standard InChI is InChI=1S/C20H18ClF5N6O4/c1-10-3-4-27-15(21)14(10)28-17(34)11-7-12(23)16(29-18(11)36-9-20(24,25)26)32-19(35)31(5-2-6-33)13(8-22)30-32/h3-4,7,33H,2,5-6,8-9H2,1H3,(H,28,34). The summed E-state index contributed by atoms with van der Waals surface area (Å²) in [6.45, 7) is -2.07. The molecule has 0 unspecified atom stereocenters. The highest BCUT2D eigenvalue weighted by Crippen LogP contribution is 2.27. The van der Waals surface area contributed by atoms with Crippen LogP contribution < -0.4 is 15.7 Å². The predicted octanol–water partition coefficient (Wildman–Crippen LogP) is 2.97. The van der Waals surface area contributed by atoms with Gasteiger partial charge in [-0.15, -0.1) is 5.10 Å². The van der Waals surface area contributed by atoms with E-state index in [9.17, 15) is 27.2 Å². The average Bonchev–Trinajstić information content (AvgIpc) is 3.13. The minimum Gasteiger partial charge on any atom is -0.467 e. The summed E-state index contributed by atoms with van der Waals surface area (Å²) in [4.78, 5) is 32.9. The summed E-state index contributed by atoms with van der Waals surface area (Å²) in [6.07, 6.45) is -3.45. The number of aromatic nitrogens is 5. The smallest absolute Gasteiger partial charge is 0.422 e. The van der Waals surface area contributed by atoms with Gasteiger partial charge in [0.25, 0.3) is 5.91 Å². The van der Waals surface area contributed by atoms with Gasteiger partial charge >= 0.3 is 11.9 Å². The summed E-state index contributed by atoms with van der Waals surface area (Å²) < 4.78 is 72.6. The number of halogens is 6. The van der Waals surface area contributed by atoms with Gasteiger partial charge in [0.05, 0.1) is 5.69 Å². The van der Waals surface area contributed by atoms with Crippen LogP contribution in [0.1, 0.15) is 28.2 Å². The van der Waals surface area contributed by atoms with Crippen molar-refractivity contribution >= 4 is 23.2 Å². The van der Waals surface area contributed by atoms with Crippen molar-refractivity contribution in [3.63, 3.8) is 0 Å². The molecule has 0 aliphatic rings. The lowest BCUT2D eigenvalue weighted by Crippen LogP contribution is -2.27. The molecule has 36 heavy (non-hydrogen) atoms. The first-order chi connectivity index (χ1) is 17.0. The van der Waals surface area contributed by atoms with E-state index in [1.54, 1.807) is 6.92 Å². The zero-order valence-corrected chi connectivity index (χ0v) is 19.2. The highest BCUT2D eigenvalue weighted by atomic mass is 35.5. The molecule has 0 aliphatic heterocycles. The SMILES string of the molecule is Cc1ccnc(Cl)c1NC(=O)c1cc(F)c(-n2nc(CF)n(CCCO)c2=O)nc1OCC(F)(F)F. The fourth-order valence-corrected chi connectivity index (χ4v) is 3.27. The van der Waals surface area contributed by atoms with Gasteiger partial charge in [-0.1, -0.05) is 11.6 Å². The number of amides is 1. The third-order valence-corrected chi connectivity index (χ3v) is 4.98. The van der Waals surface area contributed by atoms with Crippen LogP contribution in [0.4, 0.5) is 27.6 Å². The lowest BCUT2D eigenvalue weighted by molar-refractivity contribution is -0.154. The van der Waals surface area contributed by atoms with E-state index in [4.69, 9.17) is 16.7 Å². The molecule has 0 bridgehead atoms. The second-order valence-corrected chi connectivity index (χ2v) is 7.63. The molecule has 3 aromatic heterocycles. The Morgan fingerprint density at radius 3 is 2.67 bits per heavy atom. The zero-order valence-electron chi connectivity index (χ0n) is 18.4. The second-order valence-electron chi connectivity index (χ2n) is 7.27. The van der Waals surface area contributed by atoms with E-state index in [1.807, 2.05) is 0 Å². The van der Waals surface area contributed by atoms with Gasteiger partial charge in [0.2, 0.25) is 5.88 Å². The number of rotatable bonds is 9. The van der Waals surface area contributed by atoms with Crippen LogP contribution in [0.15, 0.2) is 23.1 Å². The maximum Gasteiger partial charge on any atom is 0.422 e. The molecule has 0 aromatic carbocycles. The number of carbonyl (C=O) groups excluding carboxylic acids is 1. The molecule has 0 saturated heterocycles. The van der Waals surface area contributed by atoms with E-state index in [2.05, 4.69) is 25.1 Å². The molecule has 3 heterocycles. The number of nitrogens with zero attached hydrogens (tertiary/aromatic N) is 5. The van der Waals surface area contributed by atoms with Crippen molar-refractivity contribution in [3.8, 4) is 11.7 Å². The fraction of sp³-hybridized carbons (Fsp3) is 0.350. The highest BCUT2D eigenvalue weighted by molar-refractivity contribution is 6.32. The zero-order chi connectivity index (χ0) is 26.6. The number of aryl methyl sites for hydroxylation is 1. The van der Waals surface area contributed by atoms with Crippen LogP contribution in [-0.2, 0) is 13.2 Å². The van der Waals surface area contributed by atoms with Crippen molar-refractivity contribution in [1.29, 1.82) is 0 Å². The molecule has 0 spiro atoms. The van der Waals surface area contributed by atoms with E-state index in [0.717, 1.165) is 4.57 Å². The average molecular weight is 537 g/mol. The Balaban J connectivity index is 2.10. The molecular weight excluding hydrogens is 519 g/mol. The largest absolute Gasteiger partial charge is 0.467 e. The van der Waals surface area contributed by atoms with E-state index in [-0.39, 0.29) is 30.4 Å². The van der Waals surface area contributed by atoms with Crippen molar-refractivity contribution < 1.29 is 36.6 Å². The van der Waals surface area contributed by atoms with Gasteiger partial charge in [-0.3, -0.25) is 9.36 Å². The normalized spacial score (nSPS) is 11.6. The minimum atomic E-state index is -4.85. The maximum atomic E-state index is 15.0. The van der Waals surface area contributed by atoms with Crippen LogP contribution in [-0.4, -0.2) is 54.7 Å². The molecule has 0 saturated carbocycles. The van der Waals surface area contributed by atoms with Gasteiger partial charge < -0.3 is 15.2 Å². The van der Waals surface area contributed by atoms with Crippen molar-refractivity contribution in [2.24, 2.45) is 0 Å². The minimum absolute atomic E-state index is 0.0156. The van der Waals surface area contributed by atoms with Crippen LogP contribution >= 0.6 is 11.6 Å². The number of carbonyl (C=O) groups is 1. The first-order valence-corrected chi connectivity index (χ1v) is 10.5. The Labute approximate surface area is 204 Å². The lowest BCUT2D eigenvalue weighted by Gasteiger charge is -2.15. The molecule has 0 aliphatic carbocycles. The molecule has 10 nitrogen and oxygen atoms in total. The van der Waals surface area contributed by atoms with E-state index >= 15 is 4.39 Å². The Hall–Kier alpha value is -3.59. The summed E-state index contributed by atoms with van der Waals surface area (Å²) in [5, 5.41) is 14.8. The quantitative estimate of drug-likeness (QED) is 0.318. The van der Waals surface area contributed by atoms with Gasteiger partial charge in [-0.2, -0.15) is 22.8 Å². The maximum absolute atomic E-state index is 15.0. The second kappa shape index (κ2) is 11.0. The summed E-state index contributed by atoms with van der Waals surface area (Å²) in [7, 11) is 0. The Bertz CT molecular complexity index is 1310. The summed E-state index contributed by atoms with van der Waals surface area (Å²) in [5.41, 5.74) is -1.36. The van der Waals surface area contributed by atoms with Crippen LogP contribution in [0.5, 0.6) is 5.88 Å². The summed E-state index contributed by atoms with van der Waals surface area (Å²) in [5.74, 6) is -4.81. The molecule has 2 N–H and O–H groups in total. The number of anilines is 1. The topological polar surface area (TPSA) is 124 Å². The van der Waals surface area contributed by atoms with Crippen molar-refractivity contribution in [3.05, 3.63) is 56.7 Å². The van der Waals surface area contributed by atoms with Crippen LogP contribution in [0.25, 0.3) is 5.82 Å². The summed E-state index contributed by atoms with van der Waals surface area (Å²) in [6, 6.07) is 1.99. The highest BCUT2D eigenvalue weighted by Gasteiger charge is 2.31. The molecule has 1 amide bonds. The number of pyridine rings is 2. The van der Waals surface area contributed by atoms with Gasteiger partial charge in [-0.05, 0) is 31.0 Å². The number of hydrogen-bond acceptors (Lipinski definition) is 7. The van der Waals surface area contributed by atoms with Crippen molar-refractivity contribution in [2.45, 2.75) is 32.7 Å². The van der Waals surface area contributed by atoms with Crippen LogP contribution in [0.2, 0.25) is 5.15 Å². The molecular formula is C20H18ClF5N6O4. The van der Waals surface area contributed by atoms with Gasteiger partial charge in [-0.25, -0.2) is 18.6 Å². The molecule has 0 radical (unpaired) electrons. The molecule has 194 valence electrons. The molecule has 0 atom stereocenters. The number of alkyl halides is 4. The van der Waals surface area contributed by atoms with Crippen LogP contribution in [0.3, 0.4) is 0 Å². The third-order valence-electron chi connectivity index (χ3n) is 4.69. The number of nitrogens with one attached hydrogen (secondary N) is 1. The van der Waals surface area contributed by atoms with E-state index in [0.29, 0.717) is 16.3 Å². The Morgan fingerprint density at radius 1 is 1.33 bits per heavy atom. The lowest BCUT2D eigenvalue weighted by atomic mass is 10.2. The molecule has 0 fully saturated rings. The molecule has 16 heteroatoms. The number of hydrogen-bond donors (Lipinski definition) is 2. The number of aliphatic hydroxyl groups excluding tert-OH is 1. The van der Waals surface area contributed by atoms with Crippen LogP contribution in [0, 0.1) is 12.7 Å². The van der Waals surface area contributed by atoms with E-state index in [1.165, 1.54) is 12.3 Å². The Morgan fingerprint density at radius 2 is 2.06 bits per heavy atom. The first kappa shape index (κ1) is 27.0. The molecule has 3 rings (SSSR count). The number of ether oxygens (including phenoxy) is 1. The predicted molar refractivity (Wildman–Crippen MR) is 116 cm³/mol. The Kier molecular flexibility index (Phi) is 8.24. The summed E-state index contributed by atoms with van der Waals surface area (Å²) >= 11 is 5.95.